The van der Waals surface area contributed by atoms with E-state index in [0.717, 1.165) is 25.8 Å². The van der Waals surface area contributed by atoms with Crippen molar-refractivity contribution in [2.24, 2.45) is 0 Å². The van der Waals surface area contributed by atoms with Crippen molar-refractivity contribution >= 4 is 0 Å². The number of nitrogens with one attached hydrogen (secondary N) is 1. The lowest BCUT2D eigenvalue weighted by atomic mass is 9.93. The molecule has 0 aromatic rings. The Labute approximate surface area is 92.8 Å². The highest BCUT2D eigenvalue weighted by molar-refractivity contribution is 4.85. The van der Waals surface area contributed by atoms with Gasteiger partial charge in [-0.25, -0.2) is 0 Å². The summed E-state index contributed by atoms with van der Waals surface area (Å²) in [5, 5.41) is 12.3. The fourth-order valence-corrected chi connectivity index (χ4v) is 2.14. The molecule has 0 saturated heterocycles. The average molecular weight is 210 g/mol. The summed E-state index contributed by atoms with van der Waals surface area (Å²) in [6.07, 6.45) is 5.45. The van der Waals surface area contributed by atoms with Crippen LogP contribution in [0.4, 0.5) is 0 Å². The van der Waals surface area contributed by atoms with Gasteiger partial charge in [0, 0.05) is 6.04 Å². The van der Waals surface area contributed by atoms with E-state index in [0.29, 0.717) is 12.1 Å². The molecule has 1 fully saturated rings. The van der Waals surface area contributed by atoms with Crippen LogP contribution in [0.3, 0.4) is 0 Å². The molecule has 0 spiro atoms. The monoisotopic (exact) mass is 210 g/mol. The largest absolute Gasteiger partial charge is 0.360 e. The van der Waals surface area contributed by atoms with Gasteiger partial charge in [0.2, 0.25) is 0 Å². The molecule has 3 nitrogen and oxygen atoms in total. The van der Waals surface area contributed by atoms with E-state index in [9.17, 15) is 0 Å². The molecule has 0 aliphatic heterocycles. The Morgan fingerprint density at radius 1 is 1.33 bits per heavy atom. The van der Waals surface area contributed by atoms with E-state index in [1.54, 1.807) is 0 Å². The third-order valence-corrected chi connectivity index (χ3v) is 3.04. The summed E-state index contributed by atoms with van der Waals surface area (Å²) in [5.41, 5.74) is 0. The summed E-state index contributed by atoms with van der Waals surface area (Å²) in [5.74, 6) is 0. The maximum Gasteiger partial charge on any atom is 0.144 e. The molecular formula is C12H22N2O. The van der Waals surface area contributed by atoms with Crippen molar-refractivity contribution in [1.82, 2.24) is 5.32 Å². The lowest BCUT2D eigenvalue weighted by molar-refractivity contribution is -0.00931. The van der Waals surface area contributed by atoms with Gasteiger partial charge in [0.05, 0.1) is 12.2 Å². The molecule has 1 rings (SSSR count). The van der Waals surface area contributed by atoms with Gasteiger partial charge in [-0.1, -0.05) is 13.8 Å². The number of rotatable bonds is 5. The van der Waals surface area contributed by atoms with Crippen molar-refractivity contribution in [2.75, 3.05) is 6.54 Å². The molecule has 1 N–H and O–H groups in total. The SMILES string of the molecule is CCNC1CCC(OC(C#N)CC)CC1. The zero-order valence-electron chi connectivity index (χ0n) is 9.83. The molecule has 1 unspecified atom stereocenters. The van der Waals surface area contributed by atoms with Gasteiger partial charge in [0.1, 0.15) is 6.10 Å². The minimum absolute atomic E-state index is 0.203. The van der Waals surface area contributed by atoms with Crippen molar-refractivity contribution in [3.63, 3.8) is 0 Å². The number of ether oxygens (including phenoxy) is 1. The van der Waals surface area contributed by atoms with E-state index in [-0.39, 0.29) is 6.10 Å². The Morgan fingerprint density at radius 2 is 2.00 bits per heavy atom. The summed E-state index contributed by atoms with van der Waals surface area (Å²) in [6.45, 7) is 5.19. The van der Waals surface area contributed by atoms with Crippen LogP contribution in [-0.4, -0.2) is 24.8 Å². The summed E-state index contributed by atoms with van der Waals surface area (Å²) < 4.78 is 5.73. The fraction of sp³-hybridized carbons (Fsp3) is 0.917. The van der Waals surface area contributed by atoms with Gasteiger partial charge in [0.25, 0.3) is 0 Å². The van der Waals surface area contributed by atoms with Gasteiger partial charge in [-0.15, -0.1) is 0 Å². The summed E-state index contributed by atoms with van der Waals surface area (Å²) in [4.78, 5) is 0. The van der Waals surface area contributed by atoms with Crippen LogP contribution in [0.2, 0.25) is 0 Å². The third-order valence-electron chi connectivity index (χ3n) is 3.04. The number of hydrogen-bond donors (Lipinski definition) is 1. The number of nitrogens with zero attached hydrogens (tertiary/aromatic N) is 1. The molecule has 0 aromatic heterocycles. The molecule has 0 aromatic carbocycles. The van der Waals surface area contributed by atoms with Crippen LogP contribution < -0.4 is 5.32 Å². The van der Waals surface area contributed by atoms with Crippen molar-refractivity contribution in [2.45, 2.75) is 64.2 Å². The molecule has 1 aliphatic rings. The van der Waals surface area contributed by atoms with Crippen LogP contribution >= 0.6 is 0 Å². The molecule has 1 saturated carbocycles. The highest BCUT2D eigenvalue weighted by atomic mass is 16.5. The molecule has 0 radical (unpaired) electrons. The smallest absolute Gasteiger partial charge is 0.144 e. The quantitative estimate of drug-likeness (QED) is 0.756. The minimum atomic E-state index is -0.203. The number of nitriles is 1. The van der Waals surface area contributed by atoms with Gasteiger partial charge in [-0.05, 0) is 38.6 Å². The predicted molar refractivity (Wildman–Crippen MR) is 60.5 cm³/mol. The molecule has 0 heterocycles. The summed E-state index contributed by atoms with van der Waals surface area (Å²) in [6, 6.07) is 2.86. The average Bonchev–Trinajstić information content (AvgIpc) is 2.28. The van der Waals surface area contributed by atoms with Crippen molar-refractivity contribution in [3.8, 4) is 6.07 Å². The molecule has 1 atom stereocenters. The van der Waals surface area contributed by atoms with Crippen LogP contribution in [0.5, 0.6) is 0 Å². The highest BCUT2D eigenvalue weighted by Gasteiger charge is 2.22. The normalized spacial score (nSPS) is 28.3. The first kappa shape index (κ1) is 12.5. The lowest BCUT2D eigenvalue weighted by Crippen LogP contribution is -2.36. The van der Waals surface area contributed by atoms with Gasteiger partial charge in [0.15, 0.2) is 0 Å². The zero-order valence-corrected chi connectivity index (χ0v) is 9.83. The van der Waals surface area contributed by atoms with Crippen LogP contribution in [0, 0.1) is 11.3 Å². The molecule has 0 amide bonds. The van der Waals surface area contributed by atoms with E-state index in [2.05, 4.69) is 18.3 Å². The minimum Gasteiger partial charge on any atom is -0.360 e. The summed E-state index contributed by atoms with van der Waals surface area (Å²) in [7, 11) is 0. The van der Waals surface area contributed by atoms with E-state index in [1.807, 2.05) is 6.92 Å². The standard InChI is InChI=1S/C12H22N2O/c1-3-11(9-13)15-12-7-5-10(6-8-12)14-4-2/h10-12,14H,3-8H2,1-2H3. The Kier molecular flexibility index (Phi) is 5.67. The topological polar surface area (TPSA) is 45.0 Å². The van der Waals surface area contributed by atoms with E-state index >= 15 is 0 Å². The molecule has 86 valence electrons. The Bertz CT molecular complexity index is 204. The van der Waals surface area contributed by atoms with Crippen LogP contribution in [0.15, 0.2) is 0 Å². The Hall–Kier alpha value is -0.590. The Morgan fingerprint density at radius 3 is 2.47 bits per heavy atom. The second kappa shape index (κ2) is 6.81. The first-order valence-corrected chi connectivity index (χ1v) is 6.08. The van der Waals surface area contributed by atoms with Gasteiger partial charge in [-0.3, -0.25) is 0 Å². The third kappa shape index (κ3) is 4.19. The summed E-state index contributed by atoms with van der Waals surface area (Å²) >= 11 is 0. The van der Waals surface area contributed by atoms with Crippen LogP contribution in [0.1, 0.15) is 46.0 Å². The maximum atomic E-state index is 8.81. The number of hydrogen-bond acceptors (Lipinski definition) is 3. The van der Waals surface area contributed by atoms with E-state index in [1.165, 1.54) is 12.8 Å². The molecular weight excluding hydrogens is 188 g/mol. The fourth-order valence-electron chi connectivity index (χ4n) is 2.14. The highest BCUT2D eigenvalue weighted by Crippen LogP contribution is 2.22. The van der Waals surface area contributed by atoms with Crippen molar-refractivity contribution in [3.05, 3.63) is 0 Å². The lowest BCUT2D eigenvalue weighted by Gasteiger charge is -2.30. The first-order valence-electron chi connectivity index (χ1n) is 6.08. The van der Waals surface area contributed by atoms with Gasteiger partial charge < -0.3 is 10.1 Å². The second-order valence-electron chi connectivity index (χ2n) is 4.19. The van der Waals surface area contributed by atoms with Crippen molar-refractivity contribution in [1.29, 1.82) is 5.26 Å². The first-order chi connectivity index (χ1) is 7.30. The molecule has 0 bridgehead atoms. The molecule has 15 heavy (non-hydrogen) atoms. The van der Waals surface area contributed by atoms with Crippen molar-refractivity contribution < 1.29 is 4.74 Å². The maximum absolute atomic E-state index is 8.81. The van der Waals surface area contributed by atoms with E-state index < -0.39 is 0 Å². The van der Waals surface area contributed by atoms with Crippen LogP contribution in [0.25, 0.3) is 0 Å². The molecule has 3 heteroatoms. The predicted octanol–water partition coefficient (Wildman–Crippen LogP) is 2.23. The van der Waals surface area contributed by atoms with Crippen LogP contribution in [-0.2, 0) is 4.74 Å². The molecule has 1 aliphatic carbocycles. The second-order valence-corrected chi connectivity index (χ2v) is 4.19. The van der Waals surface area contributed by atoms with Gasteiger partial charge >= 0.3 is 0 Å². The van der Waals surface area contributed by atoms with Gasteiger partial charge in [-0.2, -0.15) is 5.26 Å². The Balaban J connectivity index is 2.22. The van der Waals surface area contributed by atoms with E-state index in [4.69, 9.17) is 10.00 Å². The zero-order chi connectivity index (χ0) is 11.1.